The first-order valence-corrected chi connectivity index (χ1v) is 10.6. The fraction of sp³-hybridized carbons (Fsp3) is 0.480. The zero-order valence-corrected chi connectivity index (χ0v) is 17.3. The van der Waals surface area contributed by atoms with E-state index in [-0.39, 0.29) is 29.0 Å². The highest BCUT2D eigenvalue weighted by Crippen LogP contribution is 2.63. The number of ether oxygens (including phenoxy) is 3. The molecule has 0 radical (unpaired) electrons. The normalized spacial score (nSPS) is 37.2. The molecule has 0 amide bonds. The zero-order chi connectivity index (χ0) is 20.2. The average Bonchev–Trinajstić information content (AvgIpc) is 2.72. The summed E-state index contributed by atoms with van der Waals surface area (Å²) in [6.07, 6.45) is 0.962. The Kier molecular flexibility index (Phi) is 4.25. The van der Waals surface area contributed by atoms with Crippen molar-refractivity contribution in [2.24, 2.45) is 23.2 Å². The number of carbonyl (C=O) groups is 1. The molecule has 4 nitrogen and oxygen atoms in total. The molecule has 6 atom stereocenters. The lowest BCUT2D eigenvalue weighted by Gasteiger charge is -2.63. The predicted molar refractivity (Wildman–Crippen MR) is 110 cm³/mol. The molecule has 5 rings (SSSR count). The van der Waals surface area contributed by atoms with E-state index in [4.69, 9.17) is 14.2 Å². The molecule has 2 fully saturated rings. The van der Waals surface area contributed by atoms with Crippen molar-refractivity contribution in [1.29, 1.82) is 0 Å². The summed E-state index contributed by atoms with van der Waals surface area (Å²) in [7, 11) is 0. The van der Waals surface area contributed by atoms with Gasteiger partial charge in [0.05, 0.1) is 24.9 Å². The van der Waals surface area contributed by atoms with E-state index in [0.29, 0.717) is 30.6 Å². The Morgan fingerprint density at radius 2 is 1.83 bits per heavy atom. The van der Waals surface area contributed by atoms with Gasteiger partial charge in [-0.2, -0.15) is 0 Å². The van der Waals surface area contributed by atoms with Crippen molar-refractivity contribution in [1.82, 2.24) is 0 Å². The van der Waals surface area contributed by atoms with Crippen molar-refractivity contribution in [2.75, 3.05) is 13.2 Å². The molecule has 2 heterocycles. The van der Waals surface area contributed by atoms with Gasteiger partial charge in [0.15, 0.2) is 0 Å². The standard InChI is InChI=1S/C25H28O4/c1-16-13-24(3)21-17(2)25(16,15-28-23(26)18-9-5-4-6-10-18)14-27-22(21)19-11-7-8-12-20(19)29-24/h4-12,16-17,21-22H,13-15H2,1-3H3/t16-,17+,21-,22-,24+,25+/m1/s1. The Morgan fingerprint density at radius 1 is 1.10 bits per heavy atom. The third kappa shape index (κ3) is 2.72. The maximum atomic E-state index is 12.6. The van der Waals surface area contributed by atoms with Crippen LogP contribution in [0.3, 0.4) is 0 Å². The van der Waals surface area contributed by atoms with Crippen LogP contribution >= 0.6 is 0 Å². The smallest absolute Gasteiger partial charge is 0.338 e. The van der Waals surface area contributed by atoms with Crippen LogP contribution in [0.2, 0.25) is 0 Å². The van der Waals surface area contributed by atoms with Crippen molar-refractivity contribution in [3.63, 3.8) is 0 Å². The van der Waals surface area contributed by atoms with Gasteiger partial charge in [-0.1, -0.05) is 50.2 Å². The molecule has 29 heavy (non-hydrogen) atoms. The number of fused-ring (bicyclic) bond motifs is 3. The van der Waals surface area contributed by atoms with Gasteiger partial charge in [-0.3, -0.25) is 0 Å². The fourth-order valence-corrected chi connectivity index (χ4v) is 6.11. The zero-order valence-electron chi connectivity index (χ0n) is 17.3. The molecule has 0 N–H and O–H groups in total. The van der Waals surface area contributed by atoms with Gasteiger partial charge in [0.2, 0.25) is 0 Å². The number of carbonyl (C=O) groups excluding carboxylic acids is 1. The lowest BCUT2D eigenvalue weighted by atomic mass is 9.50. The minimum Gasteiger partial charge on any atom is -0.487 e. The molecule has 2 aromatic rings. The summed E-state index contributed by atoms with van der Waals surface area (Å²) in [5, 5.41) is 0. The van der Waals surface area contributed by atoms with Gasteiger partial charge in [0.1, 0.15) is 11.4 Å². The van der Waals surface area contributed by atoms with Crippen molar-refractivity contribution in [2.45, 2.75) is 38.9 Å². The van der Waals surface area contributed by atoms with E-state index in [0.717, 1.165) is 17.7 Å². The highest BCUT2D eigenvalue weighted by Gasteiger charge is 2.64. The number of hydrogen-bond acceptors (Lipinski definition) is 4. The van der Waals surface area contributed by atoms with Crippen molar-refractivity contribution >= 4 is 5.97 Å². The van der Waals surface area contributed by atoms with Gasteiger partial charge in [-0.15, -0.1) is 0 Å². The van der Waals surface area contributed by atoms with Crippen LogP contribution in [-0.2, 0) is 9.47 Å². The molecule has 1 saturated heterocycles. The second-order valence-electron chi connectivity index (χ2n) is 9.28. The van der Waals surface area contributed by atoms with Crippen LogP contribution in [0.15, 0.2) is 54.6 Å². The lowest BCUT2D eigenvalue weighted by molar-refractivity contribution is -0.259. The van der Waals surface area contributed by atoms with Gasteiger partial charge in [0, 0.05) is 16.9 Å². The third-order valence-corrected chi connectivity index (χ3v) is 7.75. The minimum absolute atomic E-state index is 0.0328. The largest absolute Gasteiger partial charge is 0.487 e. The topological polar surface area (TPSA) is 44.8 Å². The Hall–Kier alpha value is -2.33. The Balaban J connectivity index is 1.44. The number of benzene rings is 2. The molecule has 3 aliphatic rings. The van der Waals surface area contributed by atoms with Gasteiger partial charge in [-0.05, 0) is 43.4 Å². The summed E-state index contributed by atoms with van der Waals surface area (Å²) in [5.74, 6) is 1.54. The summed E-state index contributed by atoms with van der Waals surface area (Å²) in [5.41, 5.74) is 1.27. The quantitative estimate of drug-likeness (QED) is 0.686. The predicted octanol–water partition coefficient (Wildman–Crippen LogP) is 5.04. The summed E-state index contributed by atoms with van der Waals surface area (Å²) in [6.45, 7) is 7.75. The van der Waals surface area contributed by atoms with Crippen molar-refractivity contribution in [3.05, 3.63) is 65.7 Å². The molecule has 0 spiro atoms. The van der Waals surface area contributed by atoms with Gasteiger partial charge in [0.25, 0.3) is 0 Å². The van der Waals surface area contributed by atoms with E-state index in [1.54, 1.807) is 12.1 Å². The summed E-state index contributed by atoms with van der Waals surface area (Å²) >= 11 is 0. The summed E-state index contributed by atoms with van der Waals surface area (Å²) < 4.78 is 18.9. The molecule has 1 aliphatic carbocycles. The Morgan fingerprint density at radius 3 is 2.62 bits per heavy atom. The van der Waals surface area contributed by atoms with E-state index >= 15 is 0 Å². The van der Waals surface area contributed by atoms with Crippen LogP contribution in [0.25, 0.3) is 0 Å². The highest BCUT2D eigenvalue weighted by molar-refractivity contribution is 5.89. The highest BCUT2D eigenvalue weighted by atomic mass is 16.5. The van der Waals surface area contributed by atoms with E-state index in [9.17, 15) is 4.79 Å². The maximum absolute atomic E-state index is 12.6. The SMILES string of the molecule is C[C@@H]1C[C@]2(C)Oc3ccccc3[C@H]3OC[C@@]1(COC(=O)c1ccccc1)[C@@H](C)[C@H]32. The summed E-state index contributed by atoms with van der Waals surface area (Å²) in [6, 6.07) is 17.4. The molecule has 2 aromatic carbocycles. The first-order valence-electron chi connectivity index (χ1n) is 10.6. The number of esters is 1. The molecule has 1 saturated carbocycles. The first kappa shape index (κ1) is 18.7. The van der Waals surface area contributed by atoms with Crippen LogP contribution < -0.4 is 4.74 Å². The molecule has 152 valence electrons. The molecule has 4 heteroatoms. The molecule has 2 bridgehead atoms. The third-order valence-electron chi connectivity index (χ3n) is 7.75. The number of hydrogen-bond donors (Lipinski definition) is 0. The van der Waals surface area contributed by atoms with Crippen LogP contribution in [0.1, 0.15) is 49.2 Å². The van der Waals surface area contributed by atoms with Crippen LogP contribution in [0, 0.1) is 23.2 Å². The van der Waals surface area contributed by atoms with Gasteiger partial charge in [-0.25, -0.2) is 4.79 Å². The molecule has 0 unspecified atom stereocenters. The fourth-order valence-electron chi connectivity index (χ4n) is 6.11. The van der Waals surface area contributed by atoms with E-state index in [1.807, 2.05) is 36.4 Å². The summed E-state index contributed by atoms with van der Waals surface area (Å²) in [4.78, 5) is 12.6. The molecular formula is C25H28O4. The second kappa shape index (κ2) is 6.60. The minimum atomic E-state index is -0.273. The van der Waals surface area contributed by atoms with E-state index in [1.165, 1.54) is 0 Å². The number of rotatable bonds is 3. The second-order valence-corrected chi connectivity index (χ2v) is 9.28. The van der Waals surface area contributed by atoms with Gasteiger partial charge >= 0.3 is 5.97 Å². The van der Waals surface area contributed by atoms with Crippen molar-refractivity contribution in [3.8, 4) is 5.75 Å². The monoisotopic (exact) mass is 392 g/mol. The molecule has 2 aliphatic heterocycles. The van der Waals surface area contributed by atoms with Crippen LogP contribution in [0.4, 0.5) is 0 Å². The maximum Gasteiger partial charge on any atom is 0.338 e. The van der Waals surface area contributed by atoms with E-state index < -0.39 is 0 Å². The molecule has 0 aromatic heterocycles. The number of para-hydroxylation sites is 1. The van der Waals surface area contributed by atoms with Crippen molar-refractivity contribution < 1.29 is 19.0 Å². The van der Waals surface area contributed by atoms with E-state index in [2.05, 4.69) is 26.8 Å². The average molecular weight is 392 g/mol. The van der Waals surface area contributed by atoms with Crippen LogP contribution in [-0.4, -0.2) is 24.8 Å². The Bertz CT molecular complexity index is 925. The Labute approximate surface area is 172 Å². The first-order chi connectivity index (χ1) is 13.9. The lowest BCUT2D eigenvalue weighted by Crippen LogP contribution is -2.66. The van der Waals surface area contributed by atoms with Gasteiger partial charge < -0.3 is 14.2 Å². The molecular weight excluding hydrogens is 364 g/mol. The van der Waals surface area contributed by atoms with Crippen LogP contribution in [0.5, 0.6) is 5.75 Å².